The summed E-state index contributed by atoms with van der Waals surface area (Å²) >= 11 is 0. The fourth-order valence-corrected chi connectivity index (χ4v) is 11.1. The number of hydrogen-bond acceptors (Lipinski definition) is 20. The van der Waals surface area contributed by atoms with E-state index in [1.54, 1.807) is 68.7 Å². The second-order valence-corrected chi connectivity index (χ2v) is 24.4. The van der Waals surface area contributed by atoms with Gasteiger partial charge in [0, 0.05) is 111 Å². The molecule has 0 bridgehead atoms. The number of rotatable bonds is 52. The Labute approximate surface area is 569 Å². The van der Waals surface area contributed by atoms with E-state index < -0.39 is 35.8 Å². The highest BCUT2D eigenvalue weighted by molar-refractivity contribution is 5.97. The van der Waals surface area contributed by atoms with E-state index in [0.29, 0.717) is 152 Å². The first-order valence-corrected chi connectivity index (χ1v) is 33.5. The van der Waals surface area contributed by atoms with Gasteiger partial charge < -0.3 is 85.4 Å². The number of carbonyl (C=O) groups is 9. The third-order valence-electron chi connectivity index (χ3n) is 16.4. The lowest BCUT2D eigenvalue weighted by atomic mass is 9.84. The molecule has 30 nitrogen and oxygen atoms in total. The topological polar surface area (TPSA) is 375 Å². The first-order valence-electron chi connectivity index (χ1n) is 33.5. The Morgan fingerprint density at radius 1 is 0.598 bits per heavy atom. The lowest BCUT2D eigenvalue weighted by Gasteiger charge is -2.27. The number of carboxylic acid groups (broad SMARTS) is 4. The Hall–Kier alpha value is -7.84. The van der Waals surface area contributed by atoms with Gasteiger partial charge in [-0.1, -0.05) is 39.2 Å². The molecule has 1 fully saturated rings. The molecule has 0 spiro atoms. The summed E-state index contributed by atoms with van der Waals surface area (Å²) in [6, 6.07) is 11.3. The zero-order valence-electron chi connectivity index (χ0n) is 57.7. The Balaban J connectivity index is 1.05. The zero-order chi connectivity index (χ0) is 71.1. The quantitative estimate of drug-likeness (QED) is 0.0367. The highest BCUT2D eigenvalue weighted by Gasteiger charge is 2.33. The molecule has 1 aromatic heterocycles. The van der Waals surface area contributed by atoms with Crippen LogP contribution in [-0.2, 0) is 47.8 Å². The van der Waals surface area contributed by atoms with E-state index in [1.807, 2.05) is 33.0 Å². The first kappa shape index (κ1) is 81.6. The molecular formula is C67H106N12O18. The third kappa shape index (κ3) is 31.1. The predicted octanol–water partition coefficient (Wildman–Crippen LogP) is 2.57. The standard InChI is InChI=1S/C67H106N12O18/c1-48(2)51-42-50(20-21-53(51)79-54(63-55(93-6)18-11-19-56(63)94-7)43-52(73-79)65(89)72-64(67(91)92)49-16-9-8-10-17-49)66(90)76(5)31-15-29-74(3)28-14-30-75(4)59(82)23-22-57(80)70-24-12-36-95-38-40-97-41-39-96-37-13-25-71-58(81)44-68-26-32-77(46-61(85)86)34-35-78(47-62(87)88)33-27-69-45-60(83)84/h11,18-21,42-43,48-49,64,68-69H,8-10,12-17,22-41,44-47H2,1-7H3,(H,70,80)(H,71,81)(H,72,89)(H,83,84)(H,85,86)(H,87,88)(H,91,92). The summed E-state index contributed by atoms with van der Waals surface area (Å²) in [5.74, 6) is -4.92. The molecule has 30 heteroatoms. The normalized spacial score (nSPS) is 12.8. The largest absolute Gasteiger partial charge is 0.496 e. The van der Waals surface area contributed by atoms with Crippen molar-refractivity contribution in [1.29, 1.82) is 0 Å². The number of aliphatic carboxylic acids is 4. The maximum Gasteiger partial charge on any atom is 0.326 e. The fourth-order valence-electron chi connectivity index (χ4n) is 11.1. The minimum atomic E-state index is -1.09. The van der Waals surface area contributed by atoms with Gasteiger partial charge in [-0.25, -0.2) is 9.48 Å². The zero-order valence-corrected chi connectivity index (χ0v) is 57.7. The van der Waals surface area contributed by atoms with Crippen molar-refractivity contribution in [2.75, 3.05) is 180 Å². The van der Waals surface area contributed by atoms with Crippen LogP contribution in [0.3, 0.4) is 0 Å². The van der Waals surface area contributed by atoms with Crippen molar-refractivity contribution >= 4 is 53.4 Å². The van der Waals surface area contributed by atoms with E-state index in [-0.39, 0.29) is 106 Å². The third-order valence-corrected chi connectivity index (χ3v) is 16.4. The summed E-state index contributed by atoms with van der Waals surface area (Å²) in [4.78, 5) is 120. The molecular weight excluding hydrogens is 1260 g/mol. The van der Waals surface area contributed by atoms with Crippen molar-refractivity contribution in [1.82, 2.24) is 60.9 Å². The number of carbonyl (C=O) groups excluding carboxylic acids is 5. The minimum absolute atomic E-state index is 0.0138. The van der Waals surface area contributed by atoms with E-state index in [1.165, 1.54) is 14.2 Å². The summed E-state index contributed by atoms with van der Waals surface area (Å²) < 4.78 is 29.9. The van der Waals surface area contributed by atoms with Crippen molar-refractivity contribution in [2.45, 2.75) is 96.4 Å². The summed E-state index contributed by atoms with van der Waals surface area (Å²) in [6.07, 6.45) is 7.03. The van der Waals surface area contributed by atoms with E-state index in [2.05, 4.69) is 31.5 Å². The van der Waals surface area contributed by atoms with Gasteiger partial charge in [0.2, 0.25) is 17.7 Å². The van der Waals surface area contributed by atoms with Crippen LogP contribution in [0.5, 0.6) is 11.5 Å². The second-order valence-electron chi connectivity index (χ2n) is 24.4. The first-order chi connectivity index (χ1) is 46.5. The second kappa shape index (κ2) is 45.6. The average molecular weight is 1370 g/mol. The molecule has 1 aliphatic carbocycles. The van der Waals surface area contributed by atoms with E-state index in [9.17, 15) is 58.5 Å². The molecule has 97 heavy (non-hydrogen) atoms. The monoisotopic (exact) mass is 1370 g/mol. The Morgan fingerprint density at radius 3 is 1.68 bits per heavy atom. The van der Waals surface area contributed by atoms with Crippen LogP contribution in [0, 0.1) is 5.92 Å². The number of carboxylic acids is 4. The van der Waals surface area contributed by atoms with Crippen molar-refractivity contribution < 1.29 is 87.3 Å². The maximum absolute atomic E-state index is 14.0. The highest BCUT2D eigenvalue weighted by atomic mass is 16.5. The lowest BCUT2D eigenvalue weighted by molar-refractivity contribution is -0.141. The SMILES string of the molecule is COc1cccc(OC)c1-c1cc(C(=O)NC(C(=O)O)C2CCCCC2)nn1-c1ccc(C(=O)N(C)CCCN(C)CCCN(C)C(=O)CCC(=O)NCCCOCCOCCOCCCNC(=O)CNCCN(CCN(CCNCC(=O)O)CC(=O)O)CC(=O)O)cc1C(C)C. The fraction of sp³-hybridized carbons (Fsp3) is 0.642. The average Bonchev–Trinajstić information content (AvgIpc) is 1.67. The smallest absolute Gasteiger partial charge is 0.326 e. The molecule has 0 saturated heterocycles. The molecule has 1 heterocycles. The Bertz CT molecular complexity index is 2920. The number of nitrogens with zero attached hydrogens (tertiary/aromatic N) is 7. The van der Waals surface area contributed by atoms with Crippen LogP contribution in [0.4, 0.5) is 0 Å². The van der Waals surface area contributed by atoms with Gasteiger partial charge in [0.25, 0.3) is 11.8 Å². The van der Waals surface area contributed by atoms with Crippen LogP contribution in [0.1, 0.15) is 117 Å². The van der Waals surface area contributed by atoms with Gasteiger partial charge in [0.1, 0.15) is 17.5 Å². The van der Waals surface area contributed by atoms with Gasteiger partial charge in [0.05, 0.1) is 83.8 Å². The number of benzene rings is 2. The van der Waals surface area contributed by atoms with E-state index >= 15 is 0 Å². The van der Waals surface area contributed by atoms with Gasteiger partial charge in [-0.3, -0.25) is 48.2 Å². The number of nitrogens with one attached hydrogen (secondary N) is 5. The van der Waals surface area contributed by atoms with Crippen LogP contribution in [0.2, 0.25) is 0 Å². The van der Waals surface area contributed by atoms with Crippen LogP contribution in [0.25, 0.3) is 16.9 Å². The van der Waals surface area contributed by atoms with Crippen LogP contribution in [0.15, 0.2) is 42.5 Å². The summed E-state index contributed by atoms with van der Waals surface area (Å²) in [7, 11) is 8.57. The van der Waals surface area contributed by atoms with Gasteiger partial charge in [0.15, 0.2) is 5.69 Å². The van der Waals surface area contributed by atoms with Crippen LogP contribution < -0.4 is 36.1 Å². The molecule has 4 rings (SSSR count). The van der Waals surface area contributed by atoms with Crippen molar-refractivity contribution in [2.24, 2.45) is 5.92 Å². The predicted molar refractivity (Wildman–Crippen MR) is 361 cm³/mol. The molecule has 9 N–H and O–H groups in total. The highest BCUT2D eigenvalue weighted by Crippen LogP contribution is 2.41. The Kier molecular flexibility index (Phi) is 38.4. The number of amides is 5. The van der Waals surface area contributed by atoms with Gasteiger partial charge in [-0.15, -0.1) is 0 Å². The molecule has 0 radical (unpaired) electrons. The lowest BCUT2D eigenvalue weighted by Crippen LogP contribution is -2.46. The van der Waals surface area contributed by atoms with Crippen molar-refractivity contribution in [3.63, 3.8) is 0 Å². The Morgan fingerprint density at radius 2 is 1.14 bits per heavy atom. The van der Waals surface area contributed by atoms with Crippen LogP contribution in [-0.4, -0.2) is 294 Å². The molecule has 2 aromatic carbocycles. The van der Waals surface area contributed by atoms with Gasteiger partial charge >= 0.3 is 23.9 Å². The van der Waals surface area contributed by atoms with Crippen molar-refractivity contribution in [3.05, 3.63) is 59.3 Å². The summed E-state index contributed by atoms with van der Waals surface area (Å²) in [6.45, 7) is 10.4. The summed E-state index contributed by atoms with van der Waals surface area (Å²) in [5.41, 5.74) is 2.91. The maximum atomic E-state index is 14.0. The molecule has 5 amide bonds. The van der Waals surface area contributed by atoms with Crippen molar-refractivity contribution in [3.8, 4) is 28.4 Å². The van der Waals surface area contributed by atoms with Crippen LogP contribution >= 0.6 is 0 Å². The van der Waals surface area contributed by atoms with Gasteiger partial charge in [-0.05, 0) is 112 Å². The minimum Gasteiger partial charge on any atom is -0.496 e. The summed E-state index contributed by atoms with van der Waals surface area (Å²) in [5, 5.41) is 56.4. The number of aromatic nitrogens is 2. The molecule has 1 atom stereocenters. The van der Waals surface area contributed by atoms with Gasteiger partial charge in [-0.2, -0.15) is 5.10 Å². The van der Waals surface area contributed by atoms with E-state index in [0.717, 1.165) is 37.8 Å². The molecule has 0 aliphatic heterocycles. The van der Waals surface area contributed by atoms with E-state index in [4.69, 9.17) is 33.9 Å². The number of hydrogen-bond donors (Lipinski definition) is 9. The number of methoxy groups -OCH3 is 2. The number of ether oxygens (including phenoxy) is 5. The molecule has 1 aliphatic rings. The molecule has 542 valence electrons. The molecule has 3 aromatic rings. The molecule has 1 unspecified atom stereocenters. The molecule has 1 saturated carbocycles.